The van der Waals surface area contributed by atoms with E-state index in [1.807, 2.05) is 34.6 Å². The van der Waals surface area contributed by atoms with Gasteiger partial charge in [-0.15, -0.1) is 0 Å². The molecule has 5 heteroatoms. The van der Waals surface area contributed by atoms with Crippen molar-refractivity contribution in [2.24, 2.45) is 11.7 Å². The van der Waals surface area contributed by atoms with Gasteiger partial charge in [0.15, 0.2) is 0 Å². The molecule has 1 amide bonds. The lowest BCUT2D eigenvalue weighted by Crippen LogP contribution is -2.47. The average molecular weight is 270 g/mol. The highest BCUT2D eigenvalue weighted by molar-refractivity contribution is 5.89. The Morgan fingerprint density at radius 3 is 2.42 bits per heavy atom. The molecule has 19 heavy (non-hydrogen) atoms. The Kier molecular flexibility index (Phi) is 4.96. The fraction of sp³-hybridized carbons (Fsp3) is 0.857. The molecular formula is C14H26N2O3. The minimum atomic E-state index is -0.544. The van der Waals surface area contributed by atoms with Gasteiger partial charge in [0.05, 0.1) is 6.04 Å². The van der Waals surface area contributed by atoms with E-state index < -0.39 is 17.7 Å². The molecule has 1 aliphatic heterocycles. The molecule has 0 aromatic rings. The molecule has 5 nitrogen and oxygen atoms in total. The third kappa shape index (κ3) is 4.49. The summed E-state index contributed by atoms with van der Waals surface area (Å²) in [5.41, 5.74) is 5.18. The van der Waals surface area contributed by atoms with E-state index in [1.165, 1.54) is 0 Å². The maximum Gasteiger partial charge on any atom is 0.329 e. The molecule has 0 aromatic heterocycles. The summed E-state index contributed by atoms with van der Waals surface area (Å²) in [6.45, 7) is 10.1. The maximum atomic E-state index is 12.3. The molecule has 2 N–H and O–H groups in total. The predicted molar refractivity (Wildman–Crippen MR) is 73.4 cm³/mol. The molecule has 2 atom stereocenters. The number of hydrogen-bond acceptors (Lipinski definition) is 4. The van der Waals surface area contributed by atoms with E-state index in [1.54, 1.807) is 4.90 Å². The number of likely N-dealkylation sites (tertiary alicyclic amines) is 1. The molecule has 1 aliphatic rings. The Labute approximate surface area is 115 Å². The van der Waals surface area contributed by atoms with Crippen molar-refractivity contribution in [3.8, 4) is 0 Å². The van der Waals surface area contributed by atoms with Crippen LogP contribution < -0.4 is 5.73 Å². The van der Waals surface area contributed by atoms with Crippen LogP contribution in [0.5, 0.6) is 0 Å². The molecule has 1 saturated heterocycles. The first kappa shape index (κ1) is 16.0. The van der Waals surface area contributed by atoms with Gasteiger partial charge >= 0.3 is 5.97 Å². The molecule has 0 aliphatic carbocycles. The first-order valence-corrected chi connectivity index (χ1v) is 6.90. The zero-order valence-electron chi connectivity index (χ0n) is 12.6. The fourth-order valence-electron chi connectivity index (χ4n) is 2.20. The van der Waals surface area contributed by atoms with Crippen molar-refractivity contribution < 1.29 is 14.3 Å². The van der Waals surface area contributed by atoms with Crippen molar-refractivity contribution in [3.63, 3.8) is 0 Å². The molecule has 0 aromatic carbocycles. The third-order valence-corrected chi connectivity index (χ3v) is 3.03. The summed E-state index contributed by atoms with van der Waals surface area (Å²) in [5.74, 6) is -0.165. The van der Waals surface area contributed by atoms with Gasteiger partial charge in [-0.2, -0.15) is 0 Å². The van der Waals surface area contributed by atoms with Gasteiger partial charge in [0.2, 0.25) is 5.91 Å². The molecule has 1 rings (SSSR count). The Morgan fingerprint density at radius 1 is 1.47 bits per heavy atom. The van der Waals surface area contributed by atoms with Crippen molar-refractivity contribution in [2.45, 2.75) is 65.1 Å². The number of carbonyl (C=O) groups is 2. The summed E-state index contributed by atoms with van der Waals surface area (Å²) in [6.07, 6.45) is 1.21. The van der Waals surface area contributed by atoms with Crippen LogP contribution in [0, 0.1) is 5.92 Å². The molecular weight excluding hydrogens is 244 g/mol. The van der Waals surface area contributed by atoms with Crippen molar-refractivity contribution in [2.75, 3.05) is 6.54 Å². The maximum absolute atomic E-state index is 12.3. The highest BCUT2D eigenvalue weighted by atomic mass is 16.6. The zero-order valence-corrected chi connectivity index (χ0v) is 12.6. The van der Waals surface area contributed by atoms with E-state index in [-0.39, 0.29) is 11.9 Å². The Balaban J connectivity index is 2.83. The minimum absolute atomic E-state index is 0.142. The van der Waals surface area contributed by atoms with Crippen molar-refractivity contribution in [1.82, 2.24) is 4.90 Å². The highest BCUT2D eigenvalue weighted by Crippen LogP contribution is 2.21. The van der Waals surface area contributed by atoms with Gasteiger partial charge in [0.25, 0.3) is 0 Å². The third-order valence-electron chi connectivity index (χ3n) is 3.03. The Hall–Kier alpha value is -1.10. The highest BCUT2D eigenvalue weighted by Gasteiger charge is 2.39. The van der Waals surface area contributed by atoms with Gasteiger partial charge in [0, 0.05) is 6.54 Å². The van der Waals surface area contributed by atoms with E-state index in [0.717, 1.165) is 0 Å². The Morgan fingerprint density at radius 2 is 2.05 bits per heavy atom. The molecule has 0 unspecified atom stereocenters. The van der Waals surface area contributed by atoms with Crippen LogP contribution in [0.1, 0.15) is 47.5 Å². The normalized spacial score (nSPS) is 21.9. The van der Waals surface area contributed by atoms with Crippen LogP contribution in [0.25, 0.3) is 0 Å². The van der Waals surface area contributed by atoms with Crippen LogP contribution in [0.2, 0.25) is 0 Å². The second-order valence-electron chi connectivity index (χ2n) is 6.61. The summed E-state index contributed by atoms with van der Waals surface area (Å²) in [4.78, 5) is 25.9. The van der Waals surface area contributed by atoms with E-state index in [4.69, 9.17) is 10.5 Å². The van der Waals surface area contributed by atoms with Gasteiger partial charge in [-0.05, 0) is 39.5 Å². The summed E-state index contributed by atoms with van der Waals surface area (Å²) < 4.78 is 5.42. The van der Waals surface area contributed by atoms with Crippen molar-refractivity contribution in [1.29, 1.82) is 0 Å². The minimum Gasteiger partial charge on any atom is -0.458 e. The zero-order chi connectivity index (χ0) is 14.8. The van der Waals surface area contributed by atoms with E-state index >= 15 is 0 Å². The van der Waals surface area contributed by atoms with Crippen molar-refractivity contribution >= 4 is 11.9 Å². The number of rotatable bonds is 4. The number of nitrogens with zero attached hydrogens (tertiary/aromatic N) is 1. The smallest absolute Gasteiger partial charge is 0.329 e. The second-order valence-corrected chi connectivity index (χ2v) is 6.61. The van der Waals surface area contributed by atoms with Crippen LogP contribution in [0.3, 0.4) is 0 Å². The monoisotopic (exact) mass is 270 g/mol. The summed E-state index contributed by atoms with van der Waals surface area (Å²) in [5, 5.41) is 0. The standard InChI is InChI=1S/C14H26N2O3/c1-9(2)8-11(13(18)19-14(3,4)5)16-7-6-10(15)12(16)17/h9-11H,6-8,15H2,1-5H3/t10-,11-/m0/s1. The van der Waals surface area contributed by atoms with Gasteiger partial charge in [-0.1, -0.05) is 13.8 Å². The van der Waals surface area contributed by atoms with E-state index in [9.17, 15) is 9.59 Å². The summed E-state index contributed by atoms with van der Waals surface area (Å²) >= 11 is 0. The molecule has 1 fully saturated rings. The number of nitrogens with two attached hydrogens (primary N) is 1. The van der Waals surface area contributed by atoms with E-state index in [2.05, 4.69) is 0 Å². The van der Waals surface area contributed by atoms with Gasteiger partial charge in [0.1, 0.15) is 11.6 Å². The number of carbonyl (C=O) groups excluding carboxylic acids is 2. The predicted octanol–water partition coefficient (Wildman–Crippen LogP) is 1.30. The number of hydrogen-bond donors (Lipinski definition) is 1. The Bertz CT molecular complexity index is 347. The van der Waals surface area contributed by atoms with Crippen LogP contribution in [0.4, 0.5) is 0 Å². The lowest BCUT2D eigenvalue weighted by atomic mass is 10.0. The molecule has 0 bridgehead atoms. The molecule has 0 saturated carbocycles. The van der Waals surface area contributed by atoms with Crippen LogP contribution in [-0.2, 0) is 14.3 Å². The number of ether oxygens (including phenoxy) is 1. The molecule has 0 radical (unpaired) electrons. The first-order chi connectivity index (χ1) is 8.61. The first-order valence-electron chi connectivity index (χ1n) is 6.90. The SMILES string of the molecule is CC(C)C[C@@H](C(=O)OC(C)(C)C)N1CC[C@H](N)C1=O. The topological polar surface area (TPSA) is 72.6 Å². The van der Waals surface area contributed by atoms with Crippen molar-refractivity contribution in [3.05, 3.63) is 0 Å². The lowest BCUT2D eigenvalue weighted by Gasteiger charge is -2.30. The second kappa shape index (κ2) is 5.90. The summed E-state index contributed by atoms with van der Waals surface area (Å²) in [7, 11) is 0. The van der Waals surface area contributed by atoms with Gasteiger partial charge in [-0.3, -0.25) is 4.79 Å². The van der Waals surface area contributed by atoms with Gasteiger partial charge in [-0.25, -0.2) is 4.79 Å². The molecule has 110 valence electrons. The fourth-order valence-corrected chi connectivity index (χ4v) is 2.20. The average Bonchev–Trinajstić information content (AvgIpc) is 2.54. The lowest BCUT2D eigenvalue weighted by molar-refractivity contribution is -0.164. The van der Waals surface area contributed by atoms with E-state index in [0.29, 0.717) is 25.3 Å². The number of esters is 1. The van der Waals surface area contributed by atoms with Crippen LogP contribution >= 0.6 is 0 Å². The summed E-state index contributed by atoms with van der Waals surface area (Å²) in [6, 6.07) is -0.989. The quantitative estimate of drug-likeness (QED) is 0.782. The number of amides is 1. The molecule has 1 heterocycles. The van der Waals surface area contributed by atoms with Crippen LogP contribution in [-0.4, -0.2) is 41.0 Å². The largest absolute Gasteiger partial charge is 0.458 e. The van der Waals surface area contributed by atoms with Crippen LogP contribution in [0.15, 0.2) is 0 Å². The molecule has 0 spiro atoms. The van der Waals surface area contributed by atoms with Gasteiger partial charge < -0.3 is 15.4 Å².